The number of fused-ring (bicyclic) bond motifs is 2. The van der Waals surface area contributed by atoms with Crippen molar-refractivity contribution in [1.29, 1.82) is 0 Å². The minimum absolute atomic E-state index is 0.0135. The van der Waals surface area contributed by atoms with Crippen LogP contribution < -0.4 is 14.8 Å². The lowest BCUT2D eigenvalue weighted by Gasteiger charge is -2.37. The zero-order chi connectivity index (χ0) is 21.3. The molecule has 2 aliphatic rings. The first-order chi connectivity index (χ1) is 14.5. The number of anilines is 1. The smallest absolute Gasteiger partial charge is 0.247 e. The lowest BCUT2D eigenvalue weighted by Crippen LogP contribution is -2.52. The third-order valence-corrected chi connectivity index (χ3v) is 6.07. The summed E-state index contributed by atoms with van der Waals surface area (Å²) in [5.41, 5.74) is 2.61. The molecule has 0 saturated heterocycles. The molecule has 0 fully saturated rings. The van der Waals surface area contributed by atoms with Gasteiger partial charge in [0.05, 0.1) is 10.7 Å². The van der Waals surface area contributed by atoms with Gasteiger partial charge >= 0.3 is 0 Å². The Hall–Kier alpha value is -2.73. The Morgan fingerprint density at radius 3 is 2.53 bits per heavy atom. The summed E-state index contributed by atoms with van der Waals surface area (Å²) >= 11 is 6.37. The number of halogens is 1. The van der Waals surface area contributed by atoms with Crippen molar-refractivity contribution >= 4 is 29.1 Å². The standard InChI is InChI=1S/C23H25ClN2O4/c1-3-14(2)23(28)26-13-16-7-5-4-6-15(16)10-19(26)22(27)25-18-12-21-20(11-17(18)24)29-8-9-30-21/h4-7,11-12,14,19H,3,8-10,13H2,1-2H3,(H,25,27). The normalized spacial score (nSPS) is 18.4. The summed E-state index contributed by atoms with van der Waals surface area (Å²) in [4.78, 5) is 28.0. The maximum atomic E-state index is 13.3. The Morgan fingerprint density at radius 1 is 1.17 bits per heavy atom. The van der Waals surface area contributed by atoms with E-state index in [0.29, 0.717) is 48.4 Å². The highest BCUT2D eigenvalue weighted by atomic mass is 35.5. The fraction of sp³-hybridized carbons (Fsp3) is 0.391. The lowest BCUT2D eigenvalue weighted by atomic mass is 9.92. The SMILES string of the molecule is CCC(C)C(=O)N1Cc2ccccc2CC1C(=O)Nc1cc2c(cc1Cl)OCCO2. The van der Waals surface area contributed by atoms with E-state index in [4.69, 9.17) is 21.1 Å². The Labute approximate surface area is 181 Å². The molecule has 7 heteroatoms. The first-order valence-corrected chi connectivity index (χ1v) is 10.6. The van der Waals surface area contributed by atoms with Crippen LogP contribution in [0.4, 0.5) is 5.69 Å². The van der Waals surface area contributed by atoms with Crippen molar-refractivity contribution in [2.24, 2.45) is 5.92 Å². The van der Waals surface area contributed by atoms with Gasteiger partial charge in [-0.05, 0) is 17.5 Å². The molecule has 6 nitrogen and oxygen atoms in total. The molecule has 2 unspecified atom stereocenters. The van der Waals surface area contributed by atoms with Crippen molar-refractivity contribution in [3.05, 3.63) is 52.5 Å². The second-order valence-electron chi connectivity index (χ2n) is 7.73. The second kappa shape index (κ2) is 8.56. The van der Waals surface area contributed by atoms with Crippen LogP contribution >= 0.6 is 11.6 Å². The molecule has 0 saturated carbocycles. The molecule has 158 valence electrons. The van der Waals surface area contributed by atoms with Gasteiger partial charge in [0.15, 0.2) is 11.5 Å². The van der Waals surface area contributed by atoms with Gasteiger partial charge in [-0.2, -0.15) is 0 Å². The summed E-state index contributed by atoms with van der Waals surface area (Å²) in [7, 11) is 0. The molecule has 2 heterocycles. The summed E-state index contributed by atoms with van der Waals surface area (Å²) in [6.45, 7) is 5.20. The van der Waals surface area contributed by atoms with Crippen LogP contribution in [0.2, 0.25) is 5.02 Å². The van der Waals surface area contributed by atoms with Crippen LogP contribution in [-0.4, -0.2) is 36.0 Å². The molecular formula is C23H25ClN2O4. The van der Waals surface area contributed by atoms with Crippen LogP contribution in [0.1, 0.15) is 31.4 Å². The van der Waals surface area contributed by atoms with E-state index < -0.39 is 6.04 Å². The summed E-state index contributed by atoms with van der Waals surface area (Å²) < 4.78 is 11.1. The summed E-state index contributed by atoms with van der Waals surface area (Å²) in [5, 5.41) is 3.27. The number of ether oxygens (including phenoxy) is 2. The maximum Gasteiger partial charge on any atom is 0.247 e. The summed E-state index contributed by atoms with van der Waals surface area (Å²) in [5.74, 6) is 0.676. The van der Waals surface area contributed by atoms with Crippen molar-refractivity contribution in [2.45, 2.75) is 39.3 Å². The van der Waals surface area contributed by atoms with E-state index in [0.717, 1.165) is 17.5 Å². The van der Waals surface area contributed by atoms with Crippen LogP contribution in [0, 0.1) is 5.92 Å². The first kappa shape index (κ1) is 20.5. The molecule has 30 heavy (non-hydrogen) atoms. The minimum atomic E-state index is -0.606. The number of amides is 2. The highest BCUT2D eigenvalue weighted by Gasteiger charge is 2.36. The Kier molecular flexibility index (Phi) is 5.86. The Morgan fingerprint density at radius 2 is 1.83 bits per heavy atom. The Bertz CT molecular complexity index is 978. The van der Waals surface area contributed by atoms with Crippen LogP contribution in [-0.2, 0) is 22.6 Å². The number of benzene rings is 2. The zero-order valence-corrected chi connectivity index (χ0v) is 17.9. The number of nitrogens with zero attached hydrogens (tertiary/aromatic N) is 1. The largest absolute Gasteiger partial charge is 0.486 e. The number of nitrogens with one attached hydrogen (secondary N) is 1. The molecule has 4 rings (SSSR count). The number of hydrogen-bond donors (Lipinski definition) is 1. The average Bonchev–Trinajstić information content (AvgIpc) is 2.77. The van der Waals surface area contributed by atoms with Crippen molar-refractivity contribution in [3.8, 4) is 11.5 Å². The third-order valence-electron chi connectivity index (χ3n) is 5.76. The van der Waals surface area contributed by atoms with Gasteiger partial charge in [-0.1, -0.05) is 49.7 Å². The summed E-state index contributed by atoms with van der Waals surface area (Å²) in [6, 6.07) is 10.6. The quantitative estimate of drug-likeness (QED) is 0.797. The van der Waals surface area contributed by atoms with Gasteiger partial charge in [0.2, 0.25) is 11.8 Å². The average molecular weight is 429 g/mol. The van der Waals surface area contributed by atoms with Gasteiger partial charge in [0.25, 0.3) is 0 Å². The molecular weight excluding hydrogens is 404 g/mol. The Balaban J connectivity index is 1.61. The van der Waals surface area contributed by atoms with Crippen LogP contribution in [0.5, 0.6) is 11.5 Å². The molecule has 2 aliphatic heterocycles. The number of rotatable bonds is 4. The summed E-state index contributed by atoms with van der Waals surface area (Å²) in [6.07, 6.45) is 1.19. The van der Waals surface area contributed by atoms with E-state index in [1.807, 2.05) is 38.1 Å². The molecule has 0 bridgehead atoms. The van der Waals surface area contributed by atoms with Gasteiger partial charge in [0.1, 0.15) is 19.3 Å². The molecule has 0 aliphatic carbocycles. The highest BCUT2D eigenvalue weighted by molar-refractivity contribution is 6.34. The van der Waals surface area contributed by atoms with E-state index in [1.54, 1.807) is 17.0 Å². The van der Waals surface area contributed by atoms with E-state index in [1.165, 1.54) is 0 Å². The van der Waals surface area contributed by atoms with Gasteiger partial charge in [-0.25, -0.2) is 0 Å². The van der Waals surface area contributed by atoms with E-state index in [9.17, 15) is 9.59 Å². The van der Waals surface area contributed by atoms with Gasteiger partial charge < -0.3 is 19.7 Å². The zero-order valence-electron chi connectivity index (χ0n) is 17.1. The van der Waals surface area contributed by atoms with Crippen LogP contribution in [0.25, 0.3) is 0 Å². The molecule has 2 aromatic rings. The number of carbonyl (C=O) groups excluding carboxylic acids is 2. The van der Waals surface area contributed by atoms with Crippen molar-refractivity contribution in [1.82, 2.24) is 4.90 Å². The predicted molar refractivity (Wildman–Crippen MR) is 115 cm³/mol. The molecule has 2 amide bonds. The number of carbonyl (C=O) groups is 2. The van der Waals surface area contributed by atoms with Gasteiger partial charge in [-0.3, -0.25) is 9.59 Å². The third kappa shape index (κ3) is 3.97. The highest BCUT2D eigenvalue weighted by Crippen LogP contribution is 2.38. The van der Waals surface area contributed by atoms with E-state index >= 15 is 0 Å². The van der Waals surface area contributed by atoms with E-state index in [2.05, 4.69) is 5.32 Å². The van der Waals surface area contributed by atoms with Crippen molar-refractivity contribution in [3.63, 3.8) is 0 Å². The van der Waals surface area contributed by atoms with Crippen molar-refractivity contribution < 1.29 is 19.1 Å². The van der Waals surface area contributed by atoms with Gasteiger partial charge in [-0.15, -0.1) is 0 Å². The molecule has 0 aromatic heterocycles. The molecule has 2 atom stereocenters. The minimum Gasteiger partial charge on any atom is -0.486 e. The van der Waals surface area contributed by atoms with Crippen LogP contribution in [0.3, 0.4) is 0 Å². The monoisotopic (exact) mass is 428 g/mol. The lowest BCUT2D eigenvalue weighted by molar-refractivity contribution is -0.143. The van der Waals surface area contributed by atoms with Crippen LogP contribution in [0.15, 0.2) is 36.4 Å². The predicted octanol–water partition coefficient (Wildman–Crippen LogP) is 4.05. The fourth-order valence-corrected chi connectivity index (χ4v) is 4.02. The van der Waals surface area contributed by atoms with E-state index in [-0.39, 0.29) is 17.7 Å². The number of hydrogen-bond acceptors (Lipinski definition) is 4. The second-order valence-corrected chi connectivity index (χ2v) is 8.14. The maximum absolute atomic E-state index is 13.3. The molecule has 0 radical (unpaired) electrons. The van der Waals surface area contributed by atoms with Gasteiger partial charge in [0, 0.05) is 31.0 Å². The molecule has 1 N–H and O–H groups in total. The molecule has 0 spiro atoms. The first-order valence-electron chi connectivity index (χ1n) is 10.2. The van der Waals surface area contributed by atoms with Crippen molar-refractivity contribution in [2.75, 3.05) is 18.5 Å². The topological polar surface area (TPSA) is 67.9 Å². The fourth-order valence-electron chi connectivity index (χ4n) is 3.82. The molecule has 2 aromatic carbocycles.